The number of halogens is 1. The summed E-state index contributed by atoms with van der Waals surface area (Å²) in [6, 6.07) is 25.4. The average Bonchev–Trinajstić information content (AvgIpc) is 2.72. The quantitative estimate of drug-likeness (QED) is 0.646. The Morgan fingerprint density at radius 3 is 1.85 bits per heavy atom. The summed E-state index contributed by atoms with van der Waals surface area (Å²) in [4.78, 5) is 24.5. The van der Waals surface area contributed by atoms with Crippen molar-refractivity contribution in [2.45, 2.75) is 6.10 Å². The lowest BCUT2D eigenvalue weighted by Crippen LogP contribution is -2.31. The fourth-order valence-corrected chi connectivity index (χ4v) is 2.74. The van der Waals surface area contributed by atoms with E-state index in [1.54, 1.807) is 24.3 Å². The second kappa shape index (κ2) is 9.01. The topological polar surface area (TPSA) is 55.4 Å². The van der Waals surface area contributed by atoms with Gasteiger partial charge in [0.1, 0.15) is 6.54 Å². The van der Waals surface area contributed by atoms with Crippen LogP contribution in [0.25, 0.3) is 0 Å². The Kier molecular flexibility index (Phi) is 6.23. The third-order valence-corrected chi connectivity index (χ3v) is 4.21. The molecule has 0 saturated carbocycles. The van der Waals surface area contributed by atoms with Gasteiger partial charge in [-0.15, -0.1) is 0 Å². The number of nitrogens with one attached hydrogen (secondary N) is 1. The number of amides is 1. The summed E-state index contributed by atoms with van der Waals surface area (Å²) in [5.41, 5.74) is 2.15. The van der Waals surface area contributed by atoms with Gasteiger partial charge in [0.15, 0.2) is 6.10 Å². The lowest BCUT2D eigenvalue weighted by atomic mass is 10.0. The van der Waals surface area contributed by atoms with Gasteiger partial charge in [-0.2, -0.15) is 0 Å². The molecule has 1 amide bonds. The number of rotatable bonds is 6. The second-order valence-corrected chi connectivity index (χ2v) is 6.32. The van der Waals surface area contributed by atoms with Gasteiger partial charge in [0, 0.05) is 10.6 Å². The van der Waals surface area contributed by atoms with Crippen molar-refractivity contribution in [3.63, 3.8) is 0 Å². The lowest BCUT2D eigenvalue weighted by molar-refractivity contribution is -0.146. The molecule has 5 heteroatoms. The van der Waals surface area contributed by atoms with E-state index >= 15 is 0 Å². The zero-order valence-electron chi connectivity index (χ0n) is 14.5. The SMILES string of the molecule is O=C(CNC(=O)c1ccc(Cl)cc1)OC(c1ccccc1)c1ccccc1. The Balaban J connectivity index is 1.66. The van der Waals surface area contributed by atoms with E-state index in [0.29, 0.717) is 10.6 Å². The van der Waals surface area contributed by atoms with Gasteiger partial charge in [-0.05, 0) is 35.4 Å². The Morgan fingerprint density at radius 2 is 1.33 bits per heavy atom. The Bertz CT molecular complexity index is 856. The van der Waals surface area contributed by atoms with Gasteiger partial charge >= 0.3 is 5.97 Å². The first-order chi connectivity index (χ1) is 13.1. The van der Waals surface area contributed by atoms with Crippen LogP contribution in [0.2, 0.25) is 5.02 Å². The number of ether oxygens (including phenoxy) is 1. The van der Waals surface area contributed by atoms with Crippen LogP contribution >= 0.6 is 11.6 Å². The molecular formula is C22H18ClNO3. The highest BCUT2D eigenvalue weighted by molar-refractivity contribution is 6.30. The largest absolute Gasteiger partial charge is 0.451 e. The highest BCUT2D eigenvalue weighted by Crippen LogP contribution is 2.25. The number of hydrogen-bond acceptors (Lipinski definition) is 3. The molecule has 3 aromatic carbocycles. The van der Waals surface area contributed by atoms with Crippen LogP contribution in [0.4, 0.5) is 0 Å². The molecule has 0 bridgehead atoms. The lowest BCUT2D eigenvalue weighted by Gasteiger charge is -2.19. The molecule has 3 aromatic rings. The molecule has 3 rings (SSSR count). The van der Waals surface area contributed by atoms with Crippen LogP contribution in [-0.4, -0.2) is 18.4 Å². The molecule has 0 aliphatic heterocycles. The summed E-state index contributed by atoms with van der Waals surface area (Å²) in [6.07, 6.45) is -0.535. The maximum atomic E-state index is 12.3. The molecule has 0 spiro atoms. The van der Waals surface area contributed by atoms with Crippen LogP contribution in [0, 0.1) is 0 Å². The summed E-state index contributed by atoms with van der Waals surface area (Å²) in [6.45, 7) is -0.225. The van der Waals surface area contributed by atoms with Gasteiger partial charge in [-0.25, -0.2) is 0 Å². The third-order valence-electron chi connectivity index (χ3n) is 3.95. The zero-order valence-corrected chi connectivity index (χ0v) is 15.2. The molecular weight excluding hydrogens is 362 g/mol. The number of hydrogen-bond donors (Lipinski definition) is 1. The van der Waals surface area contributed by atoms with Crippen molar-refractivity contribution >= 4 is 23.5 Å². The van der Waals surface area contributed by atoms with E-state index in [0.717, 1.165) is 11.1 Å². The first kappa shape index (κ1) is 18.7. The van der Waals surface area contributed by atoms with E-state index in [2.05, 4.69) is 5.32 Å². The molecule has 0 heterocycles. The summed E-state index contributed by atoms with van der Waals surface area (Å²) < 4.78 is 5.65. The minimum absolute atomic E-state index is 0.225. The molecule has 0 aliphatic rings. The van der Waals surface area contributed by atoms with Crippen molar-refractivity contribution in [2.24, 2.45) is 0 Å². The highest BCUT2D eigenvalue weighted by Gasteiger charge is 2.19. The third kappa shape index (κ3) is 5.19. The van der Waals surface area contributed by atoms with Crippen molar-refractivity contribution in [1.29, 1.82) is 0 Å². The minimum atomic E-state index is -0.535. The van der Waals surface area contributed by atoms with Gasteiger partial charge in [0.05, 0.1) is 0 Å². The van der Waals surface area contributed by atoms with E-state index < -0.39 is 12.1 Å². The predicted octanol–water partition coefficient (Wildman–Crippen LogP) is 4.40. The monoisotopic (exact) mass is 379 g/mol. The van der Waals surface area contributed by atoms with E-state index in [1.165, 1.54) is 0 Å². The van der Waals surface area contributed by atoms with Gasteiger partial charge in [-0.3, -0.25) is 9.59 Å². The van der Waals surface area contributed by atoms with Crippen LogP contribution in [0.3, 0.4) is 0 Å². The van der Waals surface area contributed by atoms with Crippen molar-refractivity contribution in [3.8, 4) is 0 Å². The zero-order chi connectivity index (χ0) is 19.1. The van der Waals surface area contributed by atoms with E-state index in [4.69, 9.17) is 16.3 Å². The second-order valence-electron chi connectivity index (χ2n) is 5.88. The van der Waals surface area contributed by atoms with Crippen LogP contribution < -0.4 is 5.32 Å². The number of carbonyl (C=O) groups excluding carboxylic acids is 2. The predicted molar refractivity (Wildman–Crippen MR) is 105 cm³/mol. The molecule has 1 N–H and O–H groups in total. The van der Waals surface area contributed by atoms with Crippen LogP contribution in [0.5, 0.6) is 0 Å². The fraction of sp³-hybridized carbons (Fsp3) is 0.0909. The summed E-state index contributed by atoms with van der Waals surface area (Å²) in [5, 5.41) is 3.11. The molecule has 0 saturated heterocycles. The van der Waals surface area contributed by atoms with Gasteiger partial charge in [-0.1, -0.05) is 72.3 Å². The van der Waals surface area contributed by atoms with Crippen molar-refractivity contribution in [1.82, 2.24) is 5.32 Å². The molecule has 0 unspecified atom stereocenters. The van der Waals surface area contributed by atoms with E-state index in [9.17, 15) is 9.59 Å². The molecule has 136 valence electrons. The molecule has 27 heavy (non-hydrogen) atoms. The first-order valence-electron chi connectivity index (χ1n) is 8.46. The standard InChI is InChI=1S/C22H18ClNO3/c23-19-13-11-18(12-14-19)22(26)24-15-20(25)27-21(16-7-3-1-4-8-16)17-9-5-2-6-10-17/h1-14,21H,15H2,(H,24,26). The first-order valence-corrected chi connectivity index (χ1v) is 8.84. The molecule has 4 nitrogen and oxygen atoms in total. The Labute approximate surface area is 162 Å². The minimum Gasteiger partial charge on any atom is -0.451 e. The summed E-state index contributed by atoms with van der Waals surface area (Å²) >= 11 is 5.81. The number of benzene rings is 3. The van der Waals surface area contributed by atoms with Crippen LogP contribution in [-0.2, 0) is 9.53 Å². The summed E-state index contributed by atoms with van der Waals surface area (Å²) in [5.74, 6) is -0.880. The van der Waals surface area contributed by atoms with E-state index in [-0.39, 0.29) is 12.5 Å². The fourth-order valence-electron chi connectivity index (χ4n) is 2.61. The smallest absolute Gasteiger partial charge is 0.326 e. The van der Waals surface area contributed by atoms with Crippen molar-refractivity contribution in [3.05, 3.63) is 107 Å². The van der Waals surface area contributed by atoms with Gasteiger partial charge in [0.2, 0.25) is 0 Å². The highest BCUT2D eigenvalue weighted by atomic mass is 35.5. The van der Waals surface area contributed by atoms with Gasteiger partial charge in [0.25, 0.3) is 5.91 Å². The van der Waals surface area contributed by atoms with Gasteiger partial charge < -0.3 is 10.1 Å². The van der Waals surface area contributed by atoms with Crippen molar-refractivity contribution < 1.29 is 14.3 Å². The normalized spacial score (nSPS) is 10.4. The summed E-state index contributed by atoms with van der Waals surface area (Å²) in [7, 11) is 0. The maximum absolute atomic E-state index is 12.3. The molecule has 0 aliphatic carbocycles. The number of esters is 1. The molecule has 0 fully saturated rings. The Hall–Kier alpha value is -3.11. The molecule has 0 atom stereocenters. The number of carbonyl (C=O) groups is 2. The van der Waals surface area contributed by atoms with Crippen LogP contribution in [0.1, 0.15) is 27.6 Å². The molecule has 0 radical (unpaired) electrons. The average molecular weight is 380 g/mol. The maximum Gasteiger partial charge on any atom is 0.326 e. The van der Waals surface area contributed by atoms with Crippen molar-refractivity contribution in [2.75, 3.05) is 6.54 Å². The molecule has 0 aromatic heterocycles. The Morgan fingerprint density at radius 1 is 0.815 bits per heavy atom. The van der Waals surface area contributed by atoms with Crippen LogP contribution in [0.15, 0.2) is 84.9 Å². The van der Waals surface area contributed by atoms with E-state index in [1.807, 2.05) is 60.7 Å².